The number of halogens is 1. The van der Waals surface area contributed by atoms with Crippen molar-refractivity contribution >= 4 is 17.8 Å². The molecule has 2 nitrogen and oxygen atoms in total. The second-order valence-corrected chi connectivity index (χ2v) is 2.73. The molecule has 0 aliphatic heterocycles. The van der Waals surface area contributed by atoms with Gasteiger partial charge in [-0.05, 0) is 12.0 Å². The van der Waals surface area contributed by atoms with Crippen LogP contribution in [0.5, 0.6) is 0 Å². The number of hydrogen-bond donors (Lipinski definition) is 1. The number of nitrogens with two attached hydrogens (primary N) is 1. The molecule has 60 valence electrons. The van der Waals surface area contributed by atoms with E-state index in [0.717, 1.165) is 12.0 Å². The Morgan fingerprint density at radius 2 is 2.36 bits per heavy atom. The quantitative estimate of drug-likeness (QED) is 0.743. The average molecular weight is 172 g/mol. The largest absolute Gasteiger partial charge is 0.397 e. The number of hydrogen-bond acceptors (Lipinski definition) is 3. The Morgan fingerprint density at radius 1 is 1.64 bits per heavy atom. The molecular weight excluding hydrogens is 163 g/mol. The van der Waals surface area contributed by atoms with Crippen LogP contribution in [-0.4, -0.2) is 4.98 Å². The van der Waals surface area contributed by atoms with Crippen LogP contribution >= 0.6 is 12.1 Å². The molecular formula is C7H9FN2S. The van der Waals surface area contributed by atoms with Gasteiger partial charge in [0.2, 0.25) is 0 Å². The minimum Gasteiger partial charge on any atom is -0.397 e. The van der Waals surface area contributed by atoms with E-state index in [1.54, 1.807) is 6.20 Å². The molecule has 0 aliphatic carbocycles. The van der Waals surface area contributed by atoms with Crippen LogP contribution in [0.15, 0.2) is 17.3 Å². The lowest BCUT2D eigenvalue weighted by atomic mass is 10.2. The summed E-state index contributed by atoms with van der Waals surface area (Å²) < 4.78 is 12.2. The number of nitrogen functional groups attached to an aromatic ring is 1. The number of rotatable bonds is 2. The fraction of sp³-hybridized carbons (Fsp3) is 0.286. The topological polar surface area (TPSA) is 38.9 Å². The Kier molecular flexibility index (Phi) is 2.70. The highest BCUT2D eigenvalue weighted by atomic mass is 32.2. The summed E-state index contributed by atoms with van der Waals surface area (Å²) >= 11 is 0.192. The molecule has 0 atom stereocenters. The lowest BCUT2D eigenvalue weighted by molar-refractivity contribution is 0.922. The highest BCUT2D eigenvalue weighted by molar-refractivity contribution is 7.94. The van der Waals surface area contributed by atoms with Crippen molar-refractivity contribution in [2.75, 3.05) is 5.73 Å². The Morgan fingerprint density at radius 3 is 2.82 bits per heavy atom. The summed E-state index contributed by atoms with van der Waals surface area (Å²) in [5.74, 6) is 0. The van der Waals surface area contributed by atoms with E-state index >= 15 is 0 Å². The van der Waals surface area contributed by atoms with Gasteiger partial charge in [0.05, 0.1) is 28.9 Å². The van der Waals surface area contributed by atoms with E-state index in [1.807, 2.05) is 6.92 Å². The van der Waals surface area contributed by atoms with Crippen LogP contribution in [0, 0.1) is 0 Å². The summed E-state index contributed by atoms with van der Waals surface area (Å²) in [6, 6.07) is 0. The monoisotopic (exact) mass is 172 g/mol. The summed E-state index contributed by atoms with van der Waals surface area (Å²) in [7, 11) is 0. The molecule has 0 aliphatic rings. The molecule has 4 heteroatoms. The molecule has 0 spiro atoms. The fourth-order valence-electron chi connectivity index (χ4n) is 0.928. The fourth-order valence-corrected chi connectivity index (χ4v) is 1.38. The zero-order valence-electron chi connectivity index (χ0n) is 6.17. The first-order valence-electron chi connectivity index (χ1n) is 3.30. The third-order valence-corrected chi connectivity index (χ3v) is 2.01. The van der Waals surface area contributed by atoms with Crippen LogP contribution in [0.1, 0.15) is 12.5 Å². The van der Waals surface area contributed by atoms with Gasteiger partial charge in [0.15, 0.2) is 0 Å². The zero-order chi connectivity index (χ0) is 8.27. The van der Waals surface area contributed by atoms with Crippen LogP contribution in [0.4, 0.5) is 9.57 Å². The molecule has 0 bridgehead atoms. The summed E-state index contributed by atoms with van der Waals surface area (Å²) in [4.78, 5) is 4.30. The Balaban J connectivity index is 3.13. The third kappa shape index (κ3) is 1.63. The molecule has 11 heavy (non-hydrogen) atoms. The Hall–Kier alpha value is -0.770. The molecule has 0 aromatic carbocycles. The predicted octanol–water partition coefficient (Wildman–Crippen LogP) is 2.20. The molecule has 2 N–H and O–H groups in total. The van der Waals surface area contributed by atoms with Crippen molar-refractivity contribution in [3.8, 4) is 0 Å². The van der Waals surface area contributed by atoms with Crippen molar-refractivity contribution < 1.29 is 3.89 Å². The molecule has 0 radical (unpaired) electrons. The second-order valence-electron chi connectivity index (χ2n) is 2.14. The minimum absolute atomic E-state index is 0.192. The number of aromatic nitrogens is 1. The Bertz CT molecular complexity index is 252. The maximum atomic E-state index is 12.2. The molecule has 0 amide bonds. The van der Waals surface area contributed by atoms with E-state index in [9.17, 15) is 3.89 Å². The van der Waals surface area contributed by atoms with Gasteiger partial charge in [-0.3, -0.25) is 4.98 Å². The van der Waals surface area contributed by atoms with E-state index in [0.29, 0.717) is 10.6 Å². The van der Waals surface area contributed by atoms with Crippen molar-refractivity contribution in [3.05, 3.63) is 18.0 Å². The molecule has 0 unspecified atom stereocenters. The number of pyridine rings is 1. The van der Waals surface area contributed by atoms with Crippen LogP contribution in [0.3, 0.4) is 0 Å². The van der Waals surface area contributed by atoms with Gasteiger partial charge in [-0.2, -0.15) is 3.89 Å². The summed E-state index contributed by atoms with van der Waals surface area (Å²) in [5.41, 5.74) is 6.97. The van der Waals surface area contributed by atoms with Gasteiger partial charge in [-0.1, -0.05) is 6.92 Å². The van der Waals surface area contributed by atoms with Gasteiger partial charge in [0.1, 0.15) is 0 Å². The maximum Gasteiger partial charge on any atom is 0.0832 e. The maximum absolute atomic E-state index is 12.2. The number of anilines is 1. The molecule has 0 saturated carbocycles. The van der Waals surface area contributed by atoms with Crippen molar-refractivity contribution in [1.82, 2.24) is 4.98 Å². The normalized spacial score (nSPS) is 10.0. The molecule has 1 aromatic rings. The standard InChI is InChI=1S/C7H9FN2S/c1-2-5-6(9)3-10-4-7(5)11-8/h3-4H,2,9H2,1H3. The van der Waals surface area contributed by atoms with Gasteiger partial charge < -0.3 is 5.73 Å². The first-order valence-corrected chi connectivity index (χ1v) is 4.02. The molecule has 0 fully saturated rings. The van der Waals surface area contributed by atoms with E-state index in [2.05, 4.69) is 4.98 Å². The minimum atomic E-state index is 0.192. The van der Waals surface area contributed by atoms with E-state index in [-0.39, 0.29) is 12.1 Å². The highest BCUT2D eigenvalue weighted by Gasteiger charge is 2.04. The van der Waals surface area contributed by atoms with Gasteiger partial charge in [0.25, 0.3) is 0 Å². The van der Waals surface area contributed by atoms with Crippen LogP contribution in [-0.2, 0) is 6.42 Å². The van der Waals surface area contributed by atoms with Gasteiger partial charge in [-0.15, -0.1) is 0 Å². The van der Waals surface area contributed by atoms with Crippen LogP contribution < -0.4 is 5.73 Å². The zero-order valence-corrected chi connectivity index (χ0v) is 6.99. The second kappa shape index (κ2) is 3.57. The van der Waals surface area contributed by atoms with Gasteiger partial charge >= 0.3 is 0 Å². The van der Waals surface area contributed by atoms with Gasteiger partial charge in [0, 0.05) is 6.20 Å². The summed E-state index contributed by atoms with van der Waals surface area (Å²) in [6.07, 6.45) is 3.76. The van der Waals surface area contributed by atoms with Crippen molar-refractivity contribution in [2.24, 2.45) is 0 Å². The molecule has 0 saturated heterocycles. The first-order chi connectivity index (χ1) is 5.29. The van der Waals surface area contributed by atoms with Crippen molar-refractivity contribution in [3.63, 3.8) is 0 Å². The molecule has 1 rings (SSSR count). The van der Waals surface area contributed by atoms with Crippen molar-refractivity contribution in [1.29, 1.82) is 0 Å². The number of nitrogens with zero attached hydrogens (tertiary/aromatic N) is 1. The first kappa shape index (κ1) is 8.33. The van der Waals surface area contributed by atoms with E-state index in [1.165, 1.54) is 6.20 Å². The van der Waals surface area contributed by atoms with Crippen LogP contribution in [0.2, 0.25) is 0 Å². The van der Waals surface area contributed by atoms with E-state index in [4.69, 9.17) is 5.73 Å². The van der Waals surface area contributed by atoms with E-state index < -0.39 is 0 Å². The summed E-state index contributed by atoms with van der Waals surface area (Å²) in [6.45, 7) is 1.94. The van der Waals surface area contributed by atoms with Crippen LogP contribution in [0.25, 0.3) is 0 Å². The summed E-state index contributed by atoms with van der Waals surface area (Å²) in [5, 5.41) is 0. The lowest BCUT2D eigenvalue weighted by Gasteiger charge is -2.04. The lowest BCUT2D eigenvalue weighted by Crippen LogP contribution is -1.95. The predicted molar refractivity (Wildman–Crippen MR) is 45.0 cm³/mol. The highest BCUT2D eigenvalue weighted by Crippen LogP contribution is 2.26. The third-order valence-electron chi connectivity index (χ3n) is 1.49. The molecule has 1 heterocycles. The average Bonchev–Trinajstić information content (AvgIpc) is 2.04. The Labute approximate surface area is 69.3 Å². The SMILES string of the molecule is CCc1c(N)cncc1SF. The van der Waals surface area contributed by atoms with Gasteiger partial charge in [-0.25, -0.2) is 0 Å². The van der Waals surface area contributed by atoms with Crippen molar-refractivity contribution in [2.45, 2.75) is 18.2 Å². The smallest absolute Gasteiger partial charge is 0.0832 e. The molecule has 1 aromatic heterocycles.